The van der Waals surface area contributed by atoms with Crippen LogP contribution in [0.2, 0.25) is 0 Å². The predicted molar refractivity (Wildman–Crippen MR) is 79.4 cm³/mol. The first-order valence-electron chi connectivity index (χ1n) is 7.32. The van der Waals surface area contributed by atoms with Crippen LogP contribution in [-0.4, -0.2) is 10.4 Å². The summed E-state index contributed by atoms with van der Waals surface area (Å²) >= 11 is 6.63. The molecule has 0 spiro atoms. The predicted octanol–water partition coefficient (Wildman–Crippen LogP) is 4.43. The molecule has 98 valence electrons. The van der Waals surface area contributed by atoms with Crippen LogP contribution in [-0.2, 0) is 6.42 Å². The number of para-hydroxylation sites is 1. The largest absolute Gasteiger partial charge is 0.253 e. The Balaban J connectivity index is 1.51. The maximum atomic E-state index is 6.63. The molecule has 1 nitrogen and oxygen atoms in total. The summed E-state index contributed by atoms with van der Waals surface area (Å²) in [4.78, 5) is 4.73. The summed E-state index contributed by atoms with van der Waals surface area (Å²) in [6.45, 7) is 0. The van der Waals surface area contributed by atoms with Gasteiger partial charge in [0.15, 0.2) is 0 Å². The van der Waals surface area contributed by atoms with Crippen molar-refractivity contribution in [3.63, 3.8) is 0 Å². The van der Waals surface area contributed by atoms with Crippen LogP contribution in [0.5, 0.6) is 0 Å². The van der Waals surface area contributed by atoms with Gasteiger partial charge in [-0.05, 0) is 42.7 Å². The van der Waals surface area contributed by atoms with E-state index in [4.69, 9.17) is 16.6 Å². The molecule has 2 saturated carbocycles. The number of nitrogens with zero attached hydrogens (tertiary/aromatic N) is 1. The summed E-state index contributed by atoms with van der Waals surface area (Å²) in [5.74, 6) is 2.63. The summed E-state index contributed by atoms with van der Waals surface area (Å²) < 4.78 is 0. The van der Waals surface area contributed by atoms with E-state index in [1.165, 1.54) is 24.6 Å². The van der Waals surface area contributed by atoms with Crippen molar-refractivity contribution in [2.24, 2.45) is 17.8 Å². The molecule has 0 bridgehead atoms. The van der Waals surface area contributed by atoms with E-state index in [2.05, 4.69) is 30.3 Å². The van der Waals surface area contributed by atoms with Crippen LogP contribution in [0.3, 0.4) is 0 Å². The molecule has 2 aliphatic rings. The molecule has 1 aromatic heterocycles. The van der Waals surface area contributed by atoms with Crippen molar-refractivity contribution in [1.82, 2.24) is 4.98 Å². The number of halogens is 1. The first-order chi connectivity index (χ1) is 9.33. The molecular formula is C17H18ClN. The van der Waals surface area contributed by atoms with E-state index in [1.807, 2.05) is 6.07 Å². The minimum atomic E-state index is 0.281. The number of alkyl halides is 1. The first-order valence-corrected chi connectivity index (χ1v) is 7.75. The van der Waals surface area contributed by atoms with E-state index >= 15 is 0 Å². The average molecular weight is 272 g/mol. The summed E-state index contributed by atoms with van der Waals surface area (Å²) in [5.41, 5.74) is 2.23. The molecule has 2 fully saturated rings. The van der Waals surface area contributed by atoms with Crippen LogP contribution < -0.4 is 0 Å². The lowest BCUT2D eigenvalue weighted by molar-refractivity contribution is 0.556. The molecule has 0 amide bonds. The van der Waals surface area contributed by atoms with E-state index in [0.717, 1.165) is 35.4 Å². The maximum Gasteiger partial charge on any atom is 0.0705 e. The van der Waals surface area contributed by atoms with Crippen molar-refractivity contribution in [3.05, 3.63) is 42.1 Å². The molecular weight excluding hydrogens is 254 g/mol. The number of aromatic nitrogens is 1. The minimum Gasteiger partial charge on any atom is -0.253 e. The first kappa shape index (κ1) is 11.7. The highest BCUT2D eigenvalue weighted by molar-refractivity contribution is 6.21. The standard InChI is InChI=1S/C17H18ClN/c18-15(17-13-5-3-6-14(13)17)10-12-9-8-11-4-1-2-7-16(11)19-12/h1-2,4,7-9,13-15,17H,3,5-6,10H2. The number of fused-ring (bicyclic) bond motifs is 2. The minimum absolute atomic E-state index is 0.281. The maximum absolute atomic E-state index is 6.63. The van der Waals surface area contributed by atoms with Gasteiger partial charge >= 0.3 is 0 Å². The molecule has 0 aliphatic heterocycles. The van der Waals surface area contributed by atoms with Crippen LogP contribution in [0.4, 0.5) is 0 Å². The Morgan fingerprint density at radius 2 is 1.89 bits per heavy atom. The number of benzene rings is 1. The molecule has 1 aromatic carbocycles. The topological polar surface area (TPSA) is 12.9 Å². The monoisotopic (exact) mass is 271 g/mol. The van der Waals surface area contributed by atoms with Crippen LogP contribution in [0.1, 0.15) is 25.0 Å². The van der Waals surface area contributed by atoms with Crippen molar-refractivity contribution in [2.75, 3.05) is 0 Å². The van der Waals surface area contributed by atoms with Gasteiger partial charge in [0.05, 0.1) is 5.52 Å². The van der Waals surface area contributed by atoms with E-state index < -0.39 is 0 Å². The Morgan fingerprint density at radius 1 is 1.11 bits per heavy atom. The van der Waals surface area contributed by atoms with Crippen LogP contribution in [0.25, 0.3) is 10.9 Å². The van der Waals surface area contributed by atoms with Gasteiger partial charge in [0.25, 0.3) is 0 Å². The quantitative estimate of drug-likeness (QED) is 0.753. The highest BCUT2D eigenvalue weighted by Crippen LogP contribution is 2.60. The third-order valence-electron chi connectivity index (χ3n) is 4.95. The van der Waals surface area contributed by atoms with Crippen molar-refractivity contribution >= 4 is 22.5 Å². The van der Waals surface area contributed by atoms with Gasteiger partial charge in [-0.2, -0.15) is 0 Å². The zero-order valence-electron chi connectivity index (χ0n) is 10.9. The highest BCUT2D eigenvalue weighted by Gasteiger charge is 2.55. The molecule has 0 N–H and O–H groups in total. The van der Waals surface area contributed by atoms with Gasteiger partial charge in [-0.25, -0.2) is 0 Å². The fraction of sp³-hybridized carbons (Fsp3) is 0.471. The zero-order chi connectivity index (χ0) is 12.8. The van der Waals surface area contributed by atoms with E-state index in [0.29, 0.717) is 0 Å². The Morgan fingerprint density at radius 3 is 2.74 bits per heavy atom. The van der Waals surface area contributed by atoms with Gasteiger partial charge in [-0.3, -0.25) is 4.98 Å². The Labute approximate surface area is 119 Å². The summed E-state index contributed by atoms with van der Waals surface area (Å²) in [7, 11) is 0. The van der Waals surface area contributed by atoms with Crippen molar-refractivity contribution in [1.29, 1.82) is 0 Å². The zero-order valence-corrected chi connectivity index (χ0v) is 11.7. The molecule has 3 atom stereocenters. The van der Waals surface area contributed by atoms with Gasteiger partial charge in [-0.15, -0.1) is 11.6 Å². The molecule has 0 saturated heterocycles. The number of hydrogen-bond donors (Lipinski definition) is 0. The Hall–Kier alpha value is -1.08. The van der Waals surface area contributed by atoms with E-state index in [9.17, 15) is 0 Å². The molecule has 2 heteroatoms. The van der Waals surface area contributed by atoms with Crippen molar-refractivity contribution in [3.8, 4) is 0 Å². The second-order valence-electron chi connectivity index (χ2n) is 6.05. The number of rotatable bonds is 3. The molecule has 0 radical (unpaired) electrons. The third kappa shape index (κ3) is 2.04. The Kier molecular flexibility index (Phi) is 2.77. The molecule has 4 rings (SSSR count). The van der Waals surface area contributed by atoms with Gasteiger partial charge in [0, 0.05) is 22.9 Å². The normalized spacial score (nSPS) is 30.3. The SMILES string of the molecule is ClC(Cc1ccc2ccccc2n1)C1C2CCCC21. The Bertz CT molecular complexity index is 599. The summed E-state index contributed by atoms with van der Waals surface area (Å²) in [5, 5.41) is 1.49. The molecule has 2 aromatic rings. The van der Waals surface area contributed by atoms with Crippen molar-refractivity contribution < 1.29 is 0 Å². The average Bonchev–Trinajstić information content (AvgIpc) is 2.93. The van der Waals surface area contributed by atoms with Gasteiger partial charge in [-0.1, -0.05) is 30.7 Å². The van der Waals surface area contributed by atoms with Crippen LogP contribution in [0.15, 0.2) is 36.4 Å². The van der Waals surface area contributed by atoms with Crippen LogP contribution >= 0.6 is 11.6 Å². The van der Waals surface area contributed by atoms with Crippen molar-refractivity contribution in [2.45, 2.75) is 31.1 Å². The third-order valence-corrected chi connectivity index (χ3v) is 5.40. The fourth-order valence-corrected chi connectivity index (χ4v) is 4.50. The molecule has 2 aliphatic carbocycles. The summed E-state index contributed by atoms with van der Waals surface area (Å²) in [6, 6.07) is 12.6. The lowest BCUT2D eigenvalue weighted by atomic mass is 10.0. The second-order valence-corrected chi connectivity index (χ2v) is 6.61. The smallest absolute Gasteiger partial charge is 0.0705 e. The fourth-order valence-electron chi connectivity index (χ4n) is 3.97. The van der Waals surface area contributed by atoms with Gasteiger partial charge in [0.2, 0.25) is 0 Å². The lowest BCUT2D eigenvalue weighted by Crippen LogP contribution is -2.11. The van der Waals surface area contributed by atoms with Gasteiger partial charge < -0.3 is 0 Å². The van der Waals surface area contributed by atoms with Gasteiger partial charge in [0.1, 0.15) is 0 Å². The molecule has 1 heterocycles. The highest BCUT2D eigenvalue weighted by atomic mass is 35.5. The molecule has 19 heavy (non-hydrogen) atoms. The van der Waals surface area contributed by atoms with Crippen LogP contribution in [0, 0.1) is 17.8 Å². The van der Waals surface area contributed by atoms with E-state index in [-0.39, 0.29) is 5.38 Å². The van der Waals surface area contributed by atoms with E-state index in [1.54, 1.807) is 0 Å². The number of pyridine rings is 1. The number of hydrogen-bond acceptors (Lipinski definition) is 1. The molecule has 3 unspecified atom stereocenters. The lowest BCUT2D eigenvalue weighted by Gasteiger charge is -2.11. The summed E-state index contributed by atoms with van der Waals surface area (Å²) in [6.07, 6.45) is 5.15. The second kappa shape index (κ2) is 4.49.